The molecule has 1 fully saturated rings. The van der Waals surface area contributed by atoms with E-state index < -0.39 is 0 Å². The van der Waals surface area contributed by atoms with Crippen molar-refractivity contribution in [3.63, 3.8) is 0 Å². The first-order valence-corrected chi connectivity index (χ1v) is 9.09. The number of anilines is 1. The maximum atomic E-state index is 9.64. The fourth-order valence-corrected chi connectivity index (χ4v) is 3.31. The lowest BCUT2D eigenvalue weighted by Crippen LogP contribution is -2.28. The summed E-state index contributed by atoms with van der Waals surface area (Å²) in [6, 6.07) is 6.18. The summed E-state index contributed by atoms with van der Waals surface area (Å²) in [6.45, 7) is 0.561. The van der Waals surface area contributed by atoms with Crippen LogP contribution in [0.5, 0.6) is 5.75 Å². The molecule has 1 aromatic carbocycles. The SMILES string of the molecule is OC1CCC(Nc2ncc3cccc(OCCc4cn[nH]c4)c3n2)CC1. The highest BCUT2D eigenvalue weighted by Gasteiger charge is 2.20. The van der Waals surface area contributed by atoms with Crippen LogP contribution in [0.3, 0.4) is 0 Å². The molecule has 2 heterocycles. The number of aliphatic hydroxyl groups is 1. The van der Waals surface area contributed by atoms with Gasteiger partial charge in [0.15, 0.2) is 0 Å². The van der Waals surface area contributed by atoms with Gasteiger partial charge in [0, 0.05) is 30.2 Å². The van der Waals surface area contributed by atoms with Crippen molar-refractivity contribution in [2.45, 2.75) is 44.2 Å². The van der Waals surface area contributed by atoms with E-state index in [1.807, 2.05) is 30.6 Å². The lowest BCUT2D eigenvalue weighted by molar-refractivity contribution is 0.126. The van der Waals surface area contributed by atoms with Gasteiger partial charge >= 0.3 is 0 Å². The number of hydrogen-bond donors (Lipinski definition) is 3. The first-order valence-electron chi connectivity index (χ1n) is 9.09. The standard InChI is InChI=1S/C19H23N5O2/c25-16-6-4-15(5-7-16)23-19-20-12-14-2-1-3-17(18(14)24-19)26-9-8-13-10-21-22-11-13/h1-3,10-12,15-16,25H,4-9H2,(H,21,22)(H,20,23,24). The Balaban J connectivity index is 1.46. The van der Waals surface area contributed by atoms with Crippen LogP contribution in [-0.2, 0) is 6.42 Å². The Morgan fingerprint density at radius 2 is 2.08 bits per heavy atom. The molecule has 0 aliphatic heterocycles. The van der Waals surface area contributed by atoms with Gasteiger partial charge in [0.25, 0.3) is 0 Å². The molecular formula is C19H23N5O2. The second kappa shape index (κ2) is 7.70. The molecule has 136 valence electrons. The molecule has 0 radical (unpaired) electrons. The van der Waals surface area contributed by atoms with Crippen molar-refractivity contribution in [3.05, 3.63) is 42.4 Å². The monoisotopic (exact) mass is 353 g/mol. The molecule has 3 aromatic rings. The van der Waals surface area contributed by atoms with Crippen molar-refractivity contribution >= 4 is 16.9 Å². The predicted molar refractivity (Wildman–Crippen MR) is 99.2 cm³/mol. The summed E-state index contributed by atoms with van der Waals surface area (Å²) in [5.41, 5.74) is 1.93. The van der Waals surface area contributed by atoms with Crippen LogP contribution in [-0.4, -0.2) is 44.0 Å². The molecule has 0 atom stereocenters. The van der Waals surface area contributed by atoms with E-state index in [9.17, 15) is 5.11 Å². The minimum absolute atomic E-state index is 0.166. The van der Waals surface area contributed by atoms with E-state index in [0.717, 1.165) is 54.3 Å². The summed E-state index contributed by atoms with van der Waals surface area (Å²) in [5.74, 6) is 1.38. The topological polar surface area (TPSA) is 96.0 Å². The molecule has 0 saturated heterocycles. The molecule has 4 rings (SSSR count). The molecule has 1 saturated carbocycles. The van der Waals surface area contributed by atoms with E-state index in [-0.39, 0.29) is 6.10 Å². The van der Waals surface area contributed by atoms with Crippen LogP contribution in [0, 0.1) is 0 Å². The normalized spacial score (nSPS) is 20.2. The maximum Gasteiger partial charge on any atom is 0.223 e. The summed E-state index contributed by atoms with van der Waals surface area (Å²) in [7, 11) is 0. The quantitative estimate of drug-likeness (QED) is 0.630. The number of rotatable bonds is 6. The molecule has 0 bridgehead atoms. The number of fused-ring (bicyclic) bond motifs is 1. The zero-order valence-electron chi connectivity index (χ0n) is 14.6. The number of nitrogens with zero attached hydrogens (tertiary/aromatic N) is 3. The zero-order chi connectivity index (χ0) is 17.8. The number of para-hydroxylation sites is 1. The molecule has 0 amide bonds. The second-order valence-electron chi connectivity index (χ2n) is 6.74. The van der Waals surface area contributed by atoms with Crippen molar-refractivity contribution < 1.29 is 9.84 Å². The van der Waals surface area contributed by atoms with Crippen LogP contribution in [0.2, 0.25) is 0 Å². The van der Waals surface area contributed by atoms with Gasteiger partial charge in [0.05, 0.1) is 18.9 Å². The van der Waals surface area contributed by atoms with Gasteiger partial charge in [-0.3, -0.25) is 5.10 Å². The van der Waals surface area contributed by atoms with Crippen molar-refractivity contribution in [2.75, 3.05) is 11.9 Å². The van der Waals surface area contributed by atoms with Gasteiger partial charge in [-0.25, -0.2) is 9.97 Å². The van der Waals surface area contributed by atoms with E-state index >= 15 is 0 Å². The number of aliphatic hydroxyl groups excluding tert-OH is 1. The molecule has 2 aromatic heterocycles. The molecular weight excluding hydrogens is 330 g/mol. The van der Waals surface area contributed by atoms with Crippen LogP contribution in [0.1, 0.15) is 31.2 Å². The average molecular weight is 353 g/mol. The van der Waals surface area contributed by atoms with Gasteiger partial charge in [-0.15, -0.1) is 0 Å². The van der Waals surface area contributed by atoms with Crippen LogP contribution in [0.25, 0.3) is 10.9 Å². The Kier molecular flexibility index (Phi) is 4.97. The molecule has 7 nitrogen and oxygen atoms in total. The molecule has 0 spiro atoms. The smallest absolute Gasteiger partial charge is 0.223 e. The third-order valence-corrected chi connectivity index (χ3v) is 4.81. The Labute approximate surface area is 151 Å². The lowest BCUT2D eigenvalue weighted by atomic mass is 9.93. The van der Waals surface area contributed by atoms with Gasteiger partial charge in [-0.2, -0.15) is 5.10 Å². The van der Waals surface area contributed by atoms with Crippen molar-refractivity contribution in [2.24, 2.45) is 0 Å². The first-order chi connectivity index (χ1) is 12.8. The largest absolute Gasteiger partial charge is 0.491 e. The molecule has 1 aliphatic rings. The Morgan fingerprint density at radius 1 is 1.19 bits per heavy atom. The van der Waals surface area contributed by atoms with E-state index in [0.29, 0.717) is 18.6 Å². The first kappa shape index (κ1) is 16.8. The van der Waals surface area contributed by atoms with E-state index in [2.05, 4.69) is 25.5 Å². The van der Waals surface area contributed by atoms with Crippen molar-refractivity contribution in [3.8, 4) is 5.75 Å². The predicted octanol–water partition coefficient (Wildman–Crippen LogP) is 2.69. The number of nitrogens with one attached hydrogen (secondary N) is 2. The summed E-state index contributed by atoms with van der Waals surface area (Å²) >= 11 is 0. The third-order valence-electron chi connectivity index (χ3n) is 4.81. The molecule has 3 N–H and O–H groups in total. The minimum Gasteiger partial charge on any atom is -0.491 e. The van der Waals surface area contributed by atoms with Gasteiger partial charge in [0.2, 0.25) is 5.95 Å². The van der Waals surface area contributed by atoms with E-state index in [4.69, 9.17) is 4.74 Å². The summed E-state index contributed by atoms with van der Waals surface area (Å²) in [5, 5.41) is 20.7. The number of hydrogen-bond acceptors (Lipinski definition) is 6. The molecule has 0 unspecified atom stereocenters. The van der Waals surface area contributed by atoms with Crippen molar-refractivity contribution in [1.82, 2.24) is 20.2 Å². The van der Waals surface area contributed by atoms with Gasteiger partial charge in [0.1, 0.15) is 11.3 Å². The highest BCUT2D eigenvalue weighted by molar-refractivity contribution is 5.84. The highest BCUT2D eigenvalue weighted by atomic mass is 16.5. The van der Waals surface area contributed by atoms with Gasteiger partial charge in [-0.05, 0) is 37.3 Å². The zero-order valence-corrected chi connectivity index (χ0v) is 14.6. The van der Waals surface area contributed by atoms with Crippen LogP contribution >= 0.6 is 0 Å². The van der Waals surface area contributed by atoms with Gasteiger partial charge in [-0.1, -0.05) is 12.1 Å². The number of aromatic nitrogens is 4. The minimum atomic E-state index is -0.166. The lowest BCUT2D eigenvalue weighted by Gasteiger charge is -2.26. The second-order valence-corrected chi connectivity index (χ2v) is 6.74. The van der Waals surface area contributed by atoms with Crippen LogP contribution < -0.4 is 10.1 Å². The molecule has 7 heteroatoms. The Hall–Kier alpha value is -2.67. The van der Waals surface area contributed by atoms with E-state index in [1.165, 1.54) is 0 Å². The molecule has 26 heavy (non-hydrogen) atoms. The maximum absolute atomic E-state index is 9.64. The summed E-state index contributed by atoms with van der Waals surface area (Å²) in [4.78, 5) is 9.11. The number of aromatic amines is 1. The highest BCUT2D eigenvalue weighted by Crippen LogP contribution is 2.26. The van der Waals surface area contributed by atoms with Crippen LogP contribution in [0.4, 0.5) is 5.95 Å². The number of benzene rings is 1. The fourth-order valence-electron chi connectivity index (χ4n) is 3.31. The van der Waals surface area contributed by atoms with E-state index in [1.54, 1.807) is 6.20 Å². The Morgan fingerprint density at radius 3 is 2.88 bits per heavy atom. The third kappa shape index (κ3) is 3.94. The summed E-state index contributed by atoms with van der Waals surface area (Å²) in [6.07, 6.45) is 9.65. The molecule has 1 aliphatic carbocycles. The Bertz CT molecular complexity index is 844. The number of H-pyrrole nitrogens is 1. The average Bonchev–Trinajstić information content (AvgIpc) is 3.17. The summed E-state index contributed by atoms with van der Waals surface area (Å²) < 4.78 is 5.96. The van der Waals surface area contributed by atoms with Gasteiger partial charge < -0.3 is 15.2 Å². The fraction of sp³-hybridized carbons (Fsp3) is 0.421. The van der Waals surface area contributed by atoms with Crippen LogP contribution in [0.15, 0.2) is 36.8 Å². The van der Waals surface area contributed by atoms with Crippen molar-refractivity contribution in [1.29, 1.82) is 0 Å². The number of ether oxygens (including phenoxy) is 1.